The second kappa shape index (κ2) is 5.37. The number of halogens is 1. The van der Waals surface area contributed by atoms with Crippen molar-refractivity contribution in [3.63, 3.8) is 0 Å². The predicted molar refractivity (Wildman–Crippen MR) is 78.6 cm³/mol. The summed E-state index contributed by atoms with van der Waals surface area (Å²) in [6, 6.07) is 4.35. The molecule has 0 atom stereocenters. The van der Waals surface area contributed by atoms with E-state index in [2.05, 4.69) is 5.32 Å². The molecule has 0 aliphatic heterocycles. The van der Waals surface area contributed by atoms with Gasteiger partial charge in [0.2, 0.25) is 0 Å². The Morgan fingerprint density at radius 2 is 2.05 bits per heavy atom. The SMILES string of the molecule is CCC1(NC(=O)c2cc(S(=O)(=O)Cl)ccc2C)CCC1. The summed E-state index contributed by atoms with van der Waals surface area (Å²) in [5.74, 6) is -0.230. The molecular formula is C14H18ClNO3S. The van der Waals surface area contributed by atoms with Gasteiger partial charge >= 0.3 is 0 Å². The van der Waals surface area contributed by atoms with Gasteiger partial charge in [-0.3, -0.25) is 4.79 Å². The molecule has 0 radical (unpaired) electrons. The number of hydrogen-bond acceptors (Lipinski definition) is 3. The number of carbonyl (C=O) groups is 1. The summed E-state index contributed by atoms with van der Waals surface area (Å²) in [7, 11) is 1.50. The maximum Gasteiger partial charge on any atom is 0.261 e. The summed E-state index contributed by atoms with van der Waals surface area (Å²) in [6.45, 7) is 3.82. The van der Waals surface area contributed by atoms with Crippen molar-refractivity contribution in [3.8, 4) is 0 Å². The Kier molecular flexibility index (Phi) is 4.12. The number of rotatable bonds is 4. The first-order valence-corrected chi connectivity index (χ1v) is 8.96. The molecule has 1 saturated carbocycles. The van der Waals surface area contributed by atoms with Crippen molar-refractivity contribution >= 4 is 25.6 Å². The highest BCUT2D eigenvalue weighted by atomic mass is 35.7. The van der Waals surface area contributed by atoms with E-state index in [-0.39, 0.29) is 16.3 Å². The van der Waals surface area contributed by atoms with Crippen LogP contribution in [0.3, 0.4) is 0 Å². The average Bonchev–Trinajstić information content (AvgIpc) is 2.32. The molecule has 0 spiro atoms. The first kappa shape index (κ1) is 15.3. The Balaban J connectivity index is 2.30. The van der Waals surface area contributed by atoms with Gasteiger partial charge in [-0.25, -0.2) is 8.42 Å². The largest absolute Gasteiger partial charge is 0.347 e. The lowest BCUT2D eigenvalue weighted by Gasteiger charge is -2.42. The summed E-state index contributed by atoms with van der Waals surface area (Å²) in [6.07, 6.45) is 3.94. The van der Waals surface area contributed by atoms with Crippen LogP contribution in [0.1, 0.15) is 48.5 Å². The normalized spacial score (nSPS) is 17.4. The Hall–Kier alpha value is -1.07. The minimum atomic E-state index is -3.82. The van der Waals surface area contributed by atoms with Gasteiger partial charge in [0, 0.05) is 21.8 Å². The second-order valence-electron chi connectivity index (χ2n) is 5.36. The zero-order valence-electron chi connectivity index (χ0n) is 11.6. The van der Waals surface area contributed by atoms with Crippen LogP contribution >= 0.6 is 10.7 Å². The van der Waals surface area contributed by atoms with Gasteiger partial charge in [0.1, 0.15) is 0 Å². The molecule has 1 fully saturated rings. The fourth-order valence-electron chi connectivity index (χ4n) is 2.48. The smallest absolute Gasteiger partial charge is 0.261 e. The van der Waals surface area contributed by atoms with Crippen molar-refractivity contribution < 1.29 is 13.2 Å². The first-order chi connectivity index (χ1) is 9.27. The molecular weight excluding hydrogens is 298 g/mol. The van der Waals surface area contributed by atoms with Gasteiger partial charge in [-0.05, 0) is 50.3 Å². The third kappa shape index (κ3) is 2.99. The van der Waals surface area contributed by atoms with Crippen molar-refractivity contribution in [2.24, 2.45) is 0 Å². The van der Waals surface area contributed by atoms with E-state index in [9.17, 15) is 13.2 Å². The molecule has 0 aromatic heterocycles. The van der Waals surface area contributed by atoms with E-state index in [0.717, 1.165) is 31.2 Å². The summed E-state index contributed by atoms with van der Waals surface area (Å²) >= 11 is 0. The Labute approximate surface area is 123 Å². The fourth-order valence-corrected chi connectivity index (χ4v) is 3.25. The van der Waals surface area contributed by atoms with Crippen molar-refractivity contribution in [1.29, 1.82) is 0 Å². The van der Waals surface area contributed by atoms with Crippen molar-refractivity contribution in [3.05, 3.63) is 29.3 Å². The lowest BCUT2D eigenvalue weighted by molar-refractivity contribution is 0.0819. The first-order valence-electron chi connectivity index (χ1n) is 6.65. The molecule has 1 aliphatic rings. The minimum Gasteiger partial charge on any atom is -0.347 e. The van der Waals surface area contributed by atoms with Gasteiger partial charge in [-0.1, -0.05) is 13.0 Å². The highest BCUT2D eigenvalue weighted by molar-refractivity contribution is 8.13. The molecule has 1 N–H and O–H groups in total. The Bertz CT molecular complexity index is 630. The van der Waals surface area contributed by atoms with E-state index in [0.29, 0.717) is 5.56 Å². The number of amides is 1. The molecule has 1 aromatic carbocycles. The van der Waals surface area contributed by atoms with Gasteiger partial charge in [-0.15, -0.1) is 0 Å². The van der Waals surface area contributed by atoms with Gasteiger partial charge in [-0.2, -0.15) is 0 Å². The molecule has 1 amide bonds. The second-order valence-corrected chi connectivity index (χ2v) is 7.92. The molecule has 110 valence electrons. The zero-order valence-corrected chi connectivity index (χ0v) is 13.1. The number of aryl methyl sites for hydroxylation is 1. The molecule has 2 rings (SSSR count). The van der Waals surface area contributed by atoms with E-state index in [1.807, 2.05) is 6.92 Å². The quantitative estimate of drug-likeness (QED) is 0.869. The minimum absolute atomic E-state index is 0.0472. The van der Waals surface area contributed by atoms with Crippen LogP contribution in [-0.4, -0.2) is 19.9 Å². The van der Waals surface area contributed by atoms with Gasteiger partial charge in [0.15, 0.2) is 0 Å². The lowest BCUT2D eigenvalue weighted by atomic mass is 9.74. The molecule has 0 bridgehead atoms. The molecule has 0 saturated heterocycles. The molecule has 20 heavy (non-hydrogen) atoms. The van der Waals surface area contributed by atoms with Gasteiger partial charge in [0.05, 0.1) is 4.90 Å². The maximum atomic E-state index is 12.4. The third-order valence-corrected chi connectivity index (χ3v) is 5.45. The number of carbonyl (C=O) groups excluding carboxylic acids is 1. The van der Waals surface area contributed by atoms with E-state index in [4.69, 9.17) is 10.7 Å². The van der Waals surface area contributed by atoms with E-state index < -0.39 is 9.05 Å². The van der Waals surface area contributed by atoms with Crippen LogP contribution in [0.15, 0.2) is 23.1 Å². The Morgan fingerprint density at radius 1 is 1.40 bits per heavy atom. The van der Waals surface area contributed by atoms with E-state index in [1.54, 1.807) is 13.0 Å². The predicted octanol–water partition coefficient (Wildman–Crippen LogP) is 2.99. The molecule has 1 aromatic rings. The standard InChI is InChI=1S/C14H18ClNO3S/c1-3-14(7-4-8-14)16-13(17)12-9-11(20(15,18)19)6-5-10(12)2/h5-6,9H,3-4,7-8H2,1-2H3,(H,16,17). The van der Waals surface area contributed by atoms with Gasteiger partial charge < -0.3 is 5.32 Å². The van der Waals surface area contributed by atoms with E-state index in [1.165, 1.54) is 12.1 Å². The lowest BCUT2D eigenvalue weighted by Crippen LogP contribution is -2.53. The van der Waals surface area contributed by atoms with E-state index >= 15 is 0 Å². The van der Waals surface area contributed by atoms with Crippen LogP contribution in [0.2, 0.25) is 0 Å². The fraction of sp³-hybridized carbons (Fsp3) is 0.500. The molecule has 0 unspecified atom stereocenters. The van der Waals surface area contributed by atoms with Crippen LogP contribution < -0.4 is 5.32 Å². The Morgan fingerprint density at radius 3 is 2.50 bits per heavy atom. The van der Waals surface area contributed by atoms with Crippen LogP contribution in [0, 0.1) is 6.92 Å². The van der Waals surface area contributed by atoms with Crippen molar-refractivity contribution in [1.82, 2.24) is 5.32 Å². The number of hydrogen-bond donors (Lipinski definition) is 1. The average molecular weight is 316 g/mol. The highest BCUT2D eigenvalue weighted by Gasteiger charge is 2.36. The monoisotopic (exact) mass is 315 g/mol. The van der Waals surface area contributed by atoms with Crippen molar-refractivity contribution in [2.45, 2.75) is 50.0 Å². The molecule has 1 aliphatic carbocycles. The maximum absolute atomic E-state index is 12.4. The summed E-state index contributed by atoms with van der Waals surface area (Å²) in [4.78, 5) is 12.3. The molecule has 0 heterocycles. The summed E-state index contributed by atoms with van der Waals surface area (Å²) < 4.78 is 22.7. The summed E-state index contributed by atoms with van der Waals surface area (Å²) in [5, 5.41) is 3.04. The number of nitrogens with one attached hydrogen (secondary N) is 1. The van der Waals surface area contributed by atoms with Crippen LogP contribution in [-0.2, 0) is 9.05 Å². The topological polar surface area (TPSA) is 63.2 Å². The van der Waals surface area contributed by atoms with Crippen molar-refractivity contribution in [2.75, 3.05) is 0 Å². The number of benzene rings is 1. The molecule has 4 nitrogen and oxygen atoms in total. The summed E-state index contributed by atoms with van der Waals surface area (Å²) in [5.41, 5.74) is 0.975. The van der Waals surface area contributed by atoms with Crippen LogP contribution in [0.5, 0.6) is 0 Å². The molecule has 6 heteroatoms. The highest BCUT2D eigenvalue weighted by Crippen LogP contribution is 2.35. The van der Waals surface area contributed by atoms with Gasteiger partial charge in [0.25, 0.3) is 15.0 Å². The van der Waals surface area contributed by atoms with Crippen LogP contribution in [0.4, 0.5) is 0 Å². The zero-order chi connectivity index (χ0) is 15.0. The third-order valence-electron chi connectivity index (χ3n) is 4.10. The van der Waals surface area contributed by atoms with Crippen LogP contribution in [0.25, 0.3) is 0 Å².